The third-order valence-corrected chi connectivity index (χ3v) is 4.33. The maximum atomic E-state index is 12.4. The molecule has 1 amide bonds. The predicted octanol–water partition coefficient (Wildman–Crippen LogP) is 0.271. The van der Waals surface area contributed by atoms with Crippen LogP contribution in [-0.4, -0.2) is 57.6 Å². The van der Waals surface area contributed by atoms with Gasteiger partial charge in [0, 0.05) is 38.5 Å². The maximum absolute atomic E-state index is 12.4. The molecule has 0 aromatic carbocycles. The highest BCUT2D eigenvalue weighted by molar-refractivity contribution is 5.76. The van der Waals surface area contributed by atoms with E-state index in [4.69, 9.17) is 4.74 Å². The normalized spacial score (nSPS) is 29.4. The van der Waals surface area contributed by atoms with Crippen molar-refractivity contribution in [3.8, 4) is 0 Å². The zero-order valence-corrected chi connectivity index (χ0v) is 11.5. The van der Waals surface area contributed by atoms with Gasteiger partial charge < -0.3 is 14.7 Å². The second-order valence-corrected chi connectivity index (χ2v) is 5.60. The van der Waals surface area contributed by atoms with Crippen LogP contribution in [0, 0.1) is 5.92 Å². The van der Waals surface area contributed by atoms with Crippen molar-refractivity contribution in [1.82, 2.24) is 14.7 Å². The Hall–Kier alpha value is -1.40. The fourth-order valence-corrected chi connectivity index (χ4v) is 3.30. The second kappa shape index (κ2) is 5.93. The average molecular weight is 279 g/mol. The van der Waals surface area contributed by atoms with Gasteiger partial charge in [0.2, 0.25) is 5.91 Å². The molecule has 2 fully saturated rings. The molecule has 0 bridgehead atoms. The van der Waals surface area contributed by atoms with Gasteiger partial charge >= 0.3 is 0 Å². The number of rotatable bonds is 4. The van der Waals surface area contributed by atoms with Crippen molar-refractivity contribution >= 4 is 5.91 Å². The van der Waals surface area contributed by atoms with Gasteiger partial charge in [0.15, 0.2) is 0 Å². The number of hydrogen-bond donors (Lipinski definition) is 1. The summed E-state index contributed by atoms with van der Waals surface area (Å²) < 4.78 is 7.52. The molecule has 0 radical (unpaired) electrons. The van der Waals surface area contributed by atoms with Gasteiger partial charge in [-0.25, -0.2) is 0 Å². The fraction of sp³-hybridized carbons (Fsp3) is 0.714. The number of aliphatic hydroxyl groups excluding tert-OH is 1. The molecular weight excluding hydrogens is 258 g/mol. The van der Waals surface area contributed by atoms with E-state index in [0.717, 1.165) is 12.8 Å². The molecule has 3 atom stereocenters. The van der Waals surface area contributed by atoms with Crippen LogP contribution in [0.5, 0.6) is 0 Å². The Morgan fingerprint density at radius 1 is 1.45 bits per heavy atom. The third kappa shape index (κ3) is 2.71. The summed E-state index contributed by atoms with van der Waals surface area (Å²) >= 11 is 0. The first kappa shape index (κ1) is 13.6. The molecule has 0 spiro atoms. The molecule has 1 aliphatic carbocycles. The van der Waals surface area contributed by atoms with E-state index in [0.29, 0.717) is 26.1 Å². The van der Waals surface area contributed by atoms with Crippen LogP contribution in [0.25, 0.3) is 0 Å². The van der Waals surface area contributed by atoms with E-state index < -0.39 is 0 Å². The van der Waals surface area contributed by atoms with E-state index in [9.17, 15) is 9.90 Å². The number of carbonyl (C=O) groups excluding carboxylic acids is 1. The summed E-state index contributed by atoms with van der Waals surface area (Å²) in [6, 6.07) is 2.00. The van der Waals surface area contributed by atoms with Gasteiger partial charge in [-0.15, -0.1) is 0 Å². The summed E-state index contributed by atoms with van der Waals surface area (Å²) in [5.41, 5.74) is 0. The van der Waals surface area contributed by atoms with Gasteiger partial charge in [-0.05, 0) is 24.8 Å². The van der Waals surface area contributed by atoms with Crippen molar-refractivity contribution in [2.45, 2.75) is 38.0 Å². The number of ether oxygens (including phenoxy) is 1. The molecular formula is C14H21N3O3. The van der Waals surface area contributed by atoms with Crippen LogP contribution < -0.4 is 0 Å². The van der Waals surface area contributed by atoms with Crippen LogP contribution in [0.1, 0.15) is 19.3 Å². The van der Waals surface area contributed by atoms with E-state index in [1.165, 1.54) is 0 Å². The molecule has 1 saturated carbocycles. The van der Waals surface area contributed by atoms with Crippen molar-refractivity contribution < 1.29 is 14.6 Å². The van der Waals surface area contributed by atoms with E-state index in [1.54, 1.807) is 10.9 Å². The number of nitrogens with zero attached hydrogens (tertiary/aromatic N) is 3. The molecule has 1 saturated heterocycles. The molecule has 110 valence electrons. The van der Waals surface area contributed by atoms with Crippen molar-refractivity contribution in [1.29, 1.82) is 0 Å². The molecule has 2 aliphatic rings. The third-order valence-electron chi connectivity index (χ3n) is 4.33. The van der Waals surface area contributed by atoms with Gasteiger partial charge in [0.25, 0.3) is 0 Å². The lowest BCUT2D eigenvalue weighted by molar-refractivity contribution is -0.144. The number of carbonyl (C=O) groups is 1. The van der Waals surface area contributed by atoms with E-state index in [1.807, 2.05) is 17.2 Å². The largest absolute Gasteiger partial charge is 0.396 e. The molecule has 1 aromatic rings. The SMILES string of the molecule is O=C(CCn1cccn1)N1CCO[C@H]2C[C@H](CO)C[C@@H]21. The zero-order chi connectivity index (χ0) is 13.9. The molecule has 1 aromatic heterocycles. The van der Waals surface area contributed by atoms with Crippen molar-refractivity contribution in [3.05, 3.63) is 18.5 Å². The van der Waals surface area contributed by atoms with Gasteiger partial charge in [0.05, 0.1) is 18.8 Å². The highest BCUT2D eigenvalue weighted by atomic mass is 16.5. The highest BCUT2D eigenvalue weighted by Crippen LogP contribution is 2.34. The van der Waals surface area contributed by atoms with Crippen LogP contribution in [0.3, 0.4) is 0 Å². The quantitative estimate of drug-likeness (QED) is 0.859. The van der Waals surface area contributed by atoms with E-state index >= 15 is 0 Å². The minimum Gasteiger partial charge on any atom is -0.396 e. The molecule has 20 heavy (non-hydrogen) atoms. The average Bonchev–Trinajstić information content (AvgIpc) is 3.12. The summed E-state index contributed by atoms with van der Waals surface area (Å²) in [4.78, 5) is 14.3. The number of amides is 1. The van der Waals surface area contributed by atoms with Gasteiger partial charge in [-0.3, -0.25) is 9.48 Å². The zero-order valence-electron chi connectivity index (χ0n) is 11.5. The number of aryl methyl sites for hydroxylation is 1. The molecule has 6 nitrogen and oxygen atoms in total. The van der Waals surface area contributed by atoms with Crippen LogP contribution >= 0.6 is 0 Å². The lowest BCUT2D eigenvalue weighted by Crippen LogP contribution is -2.51. The Balaban J connectivity index is 1.59. The first-order chi connectivity index (χ1) is 9.78. The Labute approximate surface area is 118 Å². The van der Waals surface area contributed by atoms with Crippen molar-refractivity contribution in [3.63, 3.8) is 0 Å². The summed E-state index contributed by atoms with van der Waals surface area (Å²) in [5, 5.41) is 13.4. The molecule has 1 aliphatic heterocycles. The van der Waals surface area contributed by atoms with Crippen LogP contribution in [0.2, 0.25) is 0 Å². The number of morpholine rings is 1. The minimum absolute atomic E-state index is 0.106. The summed E-state index contributed by atoms with van der Waals surface area (Å²) in [6.45, 7) is 2.07. The molecule has 3 rings (SSSR count). The smallest absolute Gasteiger partial charge is 0.224 e. The van der Waals surface area contributed by atoms with E-state index in [2.05, 4.69) is 5.10 Å². The first-order valence-corrected chi connectivity index (χ1v) is 7.27. The van der Waals surface area contributed by atoms with Crippen molar-refractivity contribution in [2.75, 3.05) is 19.8 Å². The molecule has 1 N–H and O–H groups in total. The number of aliphatic hydroxyl groups is 1. The van der Waals surface area contributed by atoms with Gasteiger partial charge in [0.1, 0.15) is 0 Å². The van der Waals surface area contributed by atoms with Crippen LogP contribution in [0.4, 0.5) is 0 Å². The summed E-state index contributed by atoms with van der Waals surface area (Å²) in [6.07, 6.45) is 5.88. The lowest BCUT2D eigenvalue weighted by atomic mass is 10.1. The molecule has 6 heteroatoms. The monoisotopic (exact) mass is 279 g/mol. The summed E-state index contributed by atoms with van der Waals surface area (Å²) in [7, 11) is 0. The van der Waals surface area contributed by atoms with Gasteiger partial charge in [-0.2, -0.15) is 5.10 Å². The predicted molar refractivity (Wildman–Crippen MR) is 71.9 cm³/mol. The number of hydrogen-bond acceptors (Lipinski definition) is 4. The highest BCUT2D eigenvalue weighted by Gasteiger charge is 2.42. The van der Waals surface area contributed by atoms with Gasteiger partial charge in [-0.1, -0.05) is 0 Å². The Kier molecular flexibility index (Phi) is 4.03. The molecule has 2 heterocycles. The Morgan fingerprint density at radius 3 is 3.10 bits per heavy atom. The second-order valence-electron chi connectivity index (χ2n) is 5.60. The first-order valence-electron chi connectivity index (χ1n) is 7.27. The van der Waals surface area contributed by atoms with Crippen molar-refractivity contribution in [2.24, 2.45) is 5.92 Å². The number of fused-ring (bicyclic) bond motifs is 1. The summed E-state index contributed by atoms with van der Waals surface area (Å²) in [5.74, 6) is 0.432. The van der Waals surface area contributed by atoms with E-state index in [-0.39, 0.29) is 30.6 Å². The Morgan fingerprint density at radius 2 is 2.35 bits per heavy atom. The molecule has 0 unspecified atom stereocenters. The maximum Gasteiger partial charge on any atom is 0.224 e. The van der Waals surface area contributed by atoms with Crippen LogP contribution in [-0.2, 0) is 16.1 Å². The minimum atomic E-state index is 0.106. The Bertz CT molecular complexity index is 449. The van der Waals surface area contributed by atoms with Crippen LogP contribution in [0.15, 0.2) is 18.5 Å². The topological polar surface area (TPSA) is 67.6 Å². The standard InChI is InChI=1S/C14H21N3O3/c18-10-11-8-12-13(9-11)20-7-6-17(12)14(19)2-5-16-4-1-3-15-16/h1,3-4,11-13,18H,2,5-10H2/t11-,12+,13+/m1/s1. The number of aromatic nitrogens is 2. The fourth-order valence-electron chi connectivity index (χ4n) is 3.30. The lowest BCUT2D eigenvalue weighted by Gasteiger charge is -2.37.